The maximum Gasteiger partial charge on any atom is 0.573 e. The van der Waals surface area contributed by atoms with E-state index in [1.165, 1.54) is 0 Å². The Morgan fingerprint density at radius 3 is 2.56 bits per heavy atom. The quantitative estimate of drug-likeness (QED) is 0.679. The van der Waals surface area contributed by atoms with E-state index in [2.05, 4.69) is 9.47 Å². The van der Waals surface area contributed by atoms with Crippen LogP contribution in [0.2, 0.25) is 0 Å². The van der Waals surface area contributed by atoms with Gasteiger partial charge in [0.15, 0.2) is 0 Å². The maximum atomic E-state index is 12.1. The highest BCUT2D eigenvalue weighted by molar-refractivity contribution is 6.17. The molecule has 1 N–H and O–H groups in total. The van der Waals surface area contributed by atoms with Crippen LogP contribution in [0.15, 0.2) is 11.0 Å². The zero-order valence-corrected chi connectivity index (χ0v) is 9.69. The largest absolute Gasteiger partial charge is 0.573 e. The molecule has 0 aliphatic heterocycles. The molecule has 1 aromatic rings. The van der Waals surface area contributed by atoms with Gasteiger partial charge >= 0.3 is 12.3 Å². The third-order valence-electron chi connectivity index (χ3n) is 1.88. The minimum absolute atomic E-state index is 0.0395. The Bertz CT molecular complexity index is 512. The summed E-state index contributed by atoms with van der Waals surface area (Å²) in [5, 5.41) is 0. The number of H-pyrrole nitrogens is 1. The first-order chi connectivity index (χ1) is 8.30. The van der Waals surface area contributed by atoms with Crippen molar-refractivity contribution in [3.05, 3.63) is 27.7 Å². The molecule has 0 fully saturated rings. The molecule has 0 atom stereocenters. The van der Waals surface area contributed by atoms with Gasteiger partial charge in [-0.1, -0.05) is 0 Å². The van der Waals surface area contributed by atoms with Crippen molar-refractivity contribution < 1.29 is 27.4 Å². The molecule has 0 amide bonds. The van der Waals surface area contributed by atoms with Crippen LogP contribution in [0.3, 0.4) is 0 Å². The highest BCUT2D eigenvalue weighted by atomic mass is 35.5. The van der Waals surface area contributed by atoms with Gasteiger partial charge in [0.05, 0.1) is 7.11 Å². The molecule has 5 nitrogen and oxygen atoms in total. The van der Waals surface area contributed by atoms with Gasteiger partial charge in [0.1, 0.15) is 5.56 Å². The number of aromatic amines is 1. The van der Waals surface area contributed by atoms with E-state index in [0.29, 0.717) is 0 Å². The van der Waals surface area contributed by atoms with Crippen molar-refractivity contribution in [1.29, 1.82) is 0 Å². The third kappa shape index (κ3) is 3.16. The topological polar surface area (TPSA) is 68.4 Å². The fourth-order valence-electron chi connectivity index (χ4n) is 1.19. The summed E-state index contributed by atoms with van der Waals surface area (Å²) in [5.41, 5.74) is -1.89. The van der Waals surface area contributed by atoms with Gasteiger partial charge in [-0.3, -0.25) is 4.79 Å². The number of carbonyl (C=O) groups excluding carboxylic acids is 1. The van der Waals surface area contributed by atoms with E-state index < -0.39 is 29.2 Å². The van der Waals surface area contributed by atoms with Gasteiger partial charge in [-0.25, -0.2) is 4.79 Å². The van der Waals surface area contributed by atoms with Gasteiger partial charge in [-0.05, 0) is 0 Å². The van der Waals surface area contributed by atoms with Crippen molar-refractivity contribution >= 4 is 17.6 Å². The number of carbonyl (C=O) groups is 1. The van der Waals surface area contributed by atoms with E-state index in [9.17, 15) is 22.8 Å². The molecule has 18 heavy (non-hydrogen) atoms. The van der Waals surface area contributed by atoms with Gasteiger partial charge in [0, 0.05) is 17.6 Å². The fraction of sp³-hybridized carbons (Fsp3) is 0.333. The molecule has 9 heteroatoms. The number of hydrogen-bond donors (Lipinski definition) is 1. The SMILES string of the molecule is COC(=O)c1c(CCl)c[nH]c(=O)c1OC(F)(F)F. The van der Waals surface area contributed by atoms with E-state index >= 15 is 0 Å². The zero-order valence-electron chi connectivity index (χ0n) is 8.93. The normalized spacial score (nSPS) is 11.2. The first-order valence-corrected chi connectivity index (χ1v) is 4.98. The Balaban J connectivity index is 3.46. The highest BCUT2D eigenvalue weighted by Gasteiger charge is 2.35. The molecule has 0 aliphatic carbocycles. The van der Waals surface area contributed by atoms with Gasteiger partial charge in [0.2, 0.25) is 5.75 Å². The first kappa shape index (κ1) is 14.4. The third-order valence-corrected chi connectivity index (χ3v) is 2.17. The number of methoxy groups -OCH3 is 1. The van der Waals surface area contributed by atoms with Gasteiger partial charge in [-0.2, -0.15) is 0 Å². The molecule has 1 aromatic heterocycles. The predicted molar refractivity (Wildman–Crippen MR) is 54.6 cm³/mol. The molecule has 0 saturated heterocycles. The molecule has 0 aromatic carbocycles. The van der Waals surface area contributed by atoms with Crippen LogP contribution in [-0.2, 0) is 10.6 Å². The lowest BCUT2D eigenvalue weighted by Crippen LogP contribution is -2.26. The number of halogens is 4. The van der Waals surface area contributed by atoms with E-state index in [1.54, 1.807) is 0 Å². The Morgan fingerprint density at radius 2 is 2.11 bits per heavy atom. The minimum atomic E-state index is -5.11. The average Bonchev–Trinajstić information content (AvgIpc) is 2.29. The van der Waals surface area contributed by atoms with Crippen LogP contribution in [0, 0.1) is 0 Å². The average molecular weight is 286 g/mol. The summed E-state index contributed by atoms with van der Waals surface area (Å²) in [6.45, 7) is 0. The second-order valence-electron chi connectivity index (χ2n) is 3.02. The molecule has 0 unspecified atom stereocenters. The maximum absolute atomic E-state index is 12.1. The van der Waals surface area contributed by atoms with E-state index in [1.807, 2.05) is 4.98 Å². The summed E-state index contributed by atoms with van der Waals surface area (Å²) in [7, 11) is 0.957. The number of aromatic nitrogens is 1. The molecule has 0 spiro atoms. The van der Waals surface area contributed by atoms with Crippen molar-refractivity contribution in [3.63, 3.8) is 0 Å². The number of ether oxygens (including phenoxy) is 2. The molecule has 0 bridgehead atoms. The number of alkyl halides is 4. The van der Waals surface area contributed by atoms with Crippen LogP contribution < -0.4 is 10.3 Å². The molecule has 0 saturated carbocycles. The molecule has 1 rings (SSSR count). The molecular formula is C9H7ClF3NO4. The Labute approximate surface area is 103 Å². The molecule has 0 aliphatic rings. The first-order valence-electron chi connectivity index (χ1n) is 4.44. The molecular weight excluding hydrogens is 279 g/mol. The van der Waals surface area contributed by atoms with Crippen molar-refractivity contribution in [2.75, 3.05) is 7.11 Å². The van der Waals surface area contributed by atoms with Crippen molar-refractivity contribution in [2.45, 2.75) is 12.2 Å². The Hall–Kier alpha value is -1.70. The lowest BCUT2D eigenvalue weighted by atomic mass is 10.1. The minimum Gasteiger partial charge on any atom is -0.465 e. The Kier molecular flexibility index (Phi) is 4.23. The number of nitrogens with one attached hydrogen (secondary N) is 1. The Morgan fingerprint density at radius 1 is 1.50 bits per heavy atom. The van der Waals surface area contributed by atoms with E-state index in [0.717, 1.165) is 13.3 Å². The van der Waals surface area contributed by atoms with Crippen LogP contribution in [0.5, 0.6) is 5.75 Å². The summed E-state index contributed by atoms with van der Waals surface area (Å²) in [6, 6.07) is 0. The van der Waals surface area contributed by atoms with Crippen molar-refractivity contribution in [2.24, 2.45) is 0 Å². The van der Waals surface area contributed by atoms with Crippen LogP contribution in [-0.4, -0.2) is 24.4 Å². The van der Waals surface area contributed by atoms with Gasteiger partial charge < -0.3 is 14.5 Å². The van der Waals surface area contributed by atoms with Crippen LogP contribution in [0.25, 0.3) is 0 Å². The summed E-state index contributed by atoms with van der Waals surface area (Å²) >= 11 is 5.46. The summed E-state index contributed by atoms with van der Waals surface area (Å²) in [6.07, 6.45) is -4.09. The fourth-order valence-corrected chi connectivity index (χ4v) is 1.40. The van der Waals surface area contributed by atoms with Gasteiger partial charge in [0.25, 0.3) is 5.56 Å². The van der Waals surface area contributed by atoms with Crippen LogP contribution >= 0.6 is 11.6 Å². The molecule has 0 radical (unpaired) electrons. The lowest BCUT2D eigenvalue weighted by Gasteiger charge is -2.13. The zero-order chi connectivity index (χ0) is 13.9. The second-order valence-corrected chi connectivity index (χ2v) is 3.29. The standard InChI is InChI=1S/C9H7ClF3NO4/c1-17-8(16)5-4(2-10)3-14-7(15)6(5)18-9(11,12)13/h3H,2H2,1H3,(H,14,15). The highest BCUT2D eigenvalue weighted by Crippen LogP contribution is 2.26. The summed E-state index contributed by atoms with van der Waals surface area (Å²) in [5.74, 6) is -2.63. The number of hydrogen-bond acceptors (Lipinski definition) is 4. The number of rotatable bonds is 3. The summed E-state index contributed by atoms with van der Waals surface area (Å²) in [4.78, 5) is 24.6. The molecule has 1 heterocycles. The summed E-state index contributed by atoms with van der Waals surface area (Å²) < 4.78 is 44.2. The lowest BCUT2D eigenvalue weighted by molar-refractivity contribution is -0.275. The van der Waals surface area contributed by atoms with Crippen LogP contribution in [0.1, 0.15) is 15.9 Å². The van der Waals surface area contributed by atoms with Gasteiger partial charge in [-0.15, -0.1) is 24.8 Å². The predicted octanol–water partition coefficient (Wildman–Crippen LogP) is 1.80. The monoisotopic (exact) mass is 285 g/mol. The van der Waals surface area contributed by atoms with Crippen molar-refractivity contribution in [1.82, 2.24) is 4.98 Å². The van der Waals surface area contributed by atoms with E-state index in [4.69, 9.17) is 11.6 Å². The smallest absolute Gasteiger partial charge is 0.465 e. The number of esters is 1. The second kappa shape index (κ2) is 5.30. The number of pyridine rings is 1. The molecule has 100 valence electrons. The van der Waals surface area contributed by atoms with Crippen LogP contribution in [0.4, 0.5) is 13.2 Å². The van der Waals surface area contributed by atoms with E-state index in [-0.39, 0.29) is 11.4 Å². The van der Waals surface area contributed by atoms with Crippen molar-refractivity contribution in [3.8, 4) is 5.75 Å².